The first-order chi connectivity index (χ1) is 14.3. The first-order valence-electron chi connectivity index (χ1n) is 9.24. The fourth-order valence-corrected chi connectivity index (χ4v) is 2.97. The van der Waals surface area contributed by atoms with E-state index >= 15 is 0 Å². The predicted molar refractivity (Wildman–Crippen MR) is 120 cm³/mol. The Bertz CT molecular complexity index is 1010. The molecule has 148 valence electrons. The largest absolute Gasteiger partial charge is 0.857 e. The second-order valence-corrected chi connectivity index (χ2v) is 6.66. The van der Waals surface area contributed by atoms with Gasteiger partial charge in [-0.25, -0.2) is 0 Å². The molecule has 0 aromatic heterocycles. The average molecular weight is 418 g/mol. The van der Waals surface area contributed by atoms with Crippen LogP contribution in [0.3, 0.4) is 0 Å². The Labute approximate surface area is 184 Å². The second kappa shape index (κ2) is 14.6. The van der Waals surface area contributed by atoms with Crippen LogP contribution in [-0.4, -0.2) is 18.5 Å². The van der Waals surface area contributed by atoms with Crippen LogP contribution in [0, 0.1) is 0 Å². The van der Waals surface area contributed by atoms with Crippen LogP contribution in [0.2, 0.25) is 0 Å². The van der Waals surface area contributed by atoms with E-state index in [0.29, 0.717) is 0 Å². The number of hydrogen-bond acceptors (Lipinski definition) is 2. The quantitative estimate of drug-likeness (QED) is 0.273. The van der Waals surface area contributed by atoms with Crippen LogP contribution in [0.25, 0.3) is 32.3 Å². The molecular weight excluding hydrogens is 392 g/mol. The van der Waals surface area contributed by atoms with Gasteiger partial charge in [-0.1, -0.05) is 42.5 Å². The van der Waals surface area contributed by atoms with Crippen molar-refractivity contribution in [2.45, 2.75) is 6.92 Å². The third-order valence-corrected chi connectivity index (χ3v) is 4.07. The second-order valence-electron chi connectivity index (χ2n) is 5.76. The SMILES string of the molecule is C[CH]=[Ti+2].C[O-].C[O-].c1ccc2[cH-]ccc2c1.c1ccc2c(c1)[cH-]c1ccccc12. The minimum Gasteiger partial charge on any atom is -0.857 e. The van der Waals surface area contributed by atoms with Crippen molar-refractivity contribution in [3.05, 3.63) is 97.1 Å². The number of hydrogen-bond donors (Lipinski definition) is 0. The Hall–Kier alpha value is -2.36. The van der Waals surface area contributed by atoms with Gasteiger partial charge in [-0.3, -0.25) is 0 Å². The van der Waals surface area contributed by atoms with Gasteiger partial charge in [0.15, 0.2) is 0 Å². The van der Waals surface area contributed by atoms with Crippen LogP contribution in [0.15, 0.2) is 97.1 Å². The van der Waals surface area contributed by atoms with Crippen molar-refractivity contribution in [1.29, 1.82) is 0 Å². The Morgan fingerprint density at radius 2 is 1.07 bits per heavy atom. The monoisotopic (exact) mass is 418 g/mol. The minimum atomic E-state index is 0.750. The van der Waals surface area contributed by atoms with E-state index in [1.54, 1.807) is 0 Å². The summed E-state index contributed by atoms with van der Waals surface area (Å²) >= 11 is 2.00. The van der Waals surface area contributed by atoms with Crippen LogP contribution in [-0.2, 0) is 20.0 Å². The fraction of sp³-hybridized carbons (Fsp3) is 0.115. The maximum atomic E-state index is 8.25. The van der Waals surface area contributed by atoms with Gasteiger partial charge < -0.3 is 10.2 Å². The first kappa shape index (κ1) is 24.7. The molecule has 0 saturated carbocycles. The molecule has 0 radical (unpaired) electrons. The number of fused-ring (bicyclic) bond motifs is 4. The van der Waals surface area contributed by atoms with E-state index in [2.05, 4.69) is 97.1 Å². The molecule has 0 bridgehead atoms. The summed E-state index contributed by atoms with van der Waals surface area (Å²) in [6.07, 6.45) is 0. The van der Waals surface area contributed by atoms with Crippen molar-refractivity contribution >= 4 is 36.6 Å². The molecule has 0 saturated heterocycles. The molecule has 5 aromatic rings. The molecule has 5 rings (SSSR count). The van der Waals surface area contributed by atoms with E-state index in [0.717, 1.165) is 14.2 Å². The van der Waals surface area contributed by atoms with Gasteiger partial charge in [0.25, 0.3) is 0 Å². The van der Waals surface area contributed by atoms with Crippen molar-refractivity contribution in [2.75, 3.05) is 14.2 Å². The Morgan fingerprint density at radius 1 is 0.655 bits per heavy atom. The van der Waals surface area contributed by atoms with Crippen molar-refractivity contribution in [2.24, 2.45) is 0 Å². The molecule has 5 aromatic carbocycles. The standard InChI is InChI=1S/C13H9.C9H7.C2H4.2CH3O.Ti/c1-3-7-12-10(5-1)9-11-6-2-4-8-13(11)12;1-2-5-9-7-3-6-8(9)4-1;3*1-2;/h1-9H;1-7H;1H,2H3;2*1H3;/q2*-1;;2*-1;+2. The van der Waals surface area contributed by atoms with Crippen molar-refractivity contribution in [3.63, 3.8) is 0 Å². The molecule has 0 heterocycles. The van der Waals surface area contributed by atoms with Gasteiger partial charge in [0.2, 0.25) is 0 Å². The van der Waals surface area contributed by atoms with Gasteiger partial charge in [-0.15, -0.1) is 69.4 Å². The molecular formula is C26H26O2Ti-2. The van der Waals surface area contributed by atoms with Gasteiger partial charge in [-0.2, -0.15) is 31.7 Å². The van der Waals surface area contributed by atoms with E-state index in [9.17, 15) is 0 Å². The van der Waals surface area contributed by atoms with Crippen LogP contribution in [0.4, 0.5) is 0 Å². The van der Waals surface area contributed by atoms with E-state index in [1.807, 2.05) is 31.2 Å². The maximum Gasteiger partial charge on any atom is -0.0771 e. The Kier molecular flexibility index (Phi) is 12.4. The molecule has 0 spiro atoms. The van der Waals surface area contributed by atoms with E-state index in [1.165, 1.54) is 32.3 Å². The average Bonchev–Trinajstić information content (AvgIpc) is 3.42. The molecule has 0 N–H and O–H groups in total. The summed E-state index contributed by atoms with van der Waals surface area (Å²) in [6.45, 7) is 2.00. The third-order valence-electron chi connectivity index (χ3n) is 4.07. The Morgan fingerprint density at radius 3 is 1.55 bits per heavy atom. The van der Waals surface area contributed by atoms with Gasteiger partial charge in [0.05, 0.1) is 0 Å². The molecule has 0 aliphatic carbocycles. The van der Waals surface area contributed by atoms with Crippen molar-refractivity contribution in [1.82, 2.24) is 0 Å². The Balaban J connectivity index is 0.000000230. The summed E-state index contributed by atoms with van der Waals surface area (Å²) in [4.78, 5) is 0. The summed E-state index contributed by atoms with van der Waals surface area (Å²) in [7, 11) is 1.50. The zero-order chi connectivity index (χ0) is 21.5. The van der Waals surface area contributed by atoms with Crippen molar-refractivity contribution in [3.8, 4) is 0 Å². The number of benzene rings is 3. The molecule has 2 nitrogen and oxygen atoms in total. The van der Waals surface area contributed by atoms with Gasteiger partial charge in [-0.05, 0) is 0 Å². The molecule has 29 heavy (non-hydrogen) atoms. The molecule has 0 fully saturated rings. The fourth-order valence-electron chi connectivity index (χ4n) is 2.97. The maximum absolute atomic E-state index is 8.25. The van der Waals surface area contributed by atoms with Crippen LogP contribution in [0.1, 0.15) is 6.92 Å². The molecule has 0 amide bonds. The molecule has 0 unspecified atom stereocenters. The summed E-state index contributed by atoms with van der Waals surface area (Å²) in [5, 5.41) is 24.6. The first-order valence-corrected chi connectivity index (χ1v) is 10.1. The van der Waals surface area contributed by atoms with Crippen molar-refractivity contribution < 1.29 is 30.2 Å². The summed E-state index contributed by atoms with van der Waals surface area (Å²) < 4.78 is 2.00. The molecule has 3 heteroatoms. The minimum absolute atomic E-state index is 0.750. The normalized spacial score (nSPS) is 9.07. The summed E-state index contributed by atoms with van der Waals surface area (Å²) in [5.41, 5.74) is 0. The molecule has 0 atom stereocenters. The summed E-state index contributed by atoms with van der Waals surface area (Å²) in [5.74, 6) is 0. The van der Waals surface area contributed by atoms with E-state index < -0.39 is 0 Å². The predicted octanol–water partition coefficient (Wildman–Crippen LogP) is 4.58. The van der Waals surface area contributed by atoms with E-state index in [-0.39, 0.29) is 0 Å². The van der Waals surface area contributed by atoms with E-state index in [4.69, 9.17) is 10.2 Å². The van der Waals surface area contributed by atoms with Crippen LogP contribution in [0.5, 0.6) is 0 Å². The third kappa shape index (κ3) is 7.19. The smallest absolute Gasteiger partial charge is 0.0771 e. The zero-order valence-corrected chi connectivity index (χ0v) is 18.7. The number of rotatable bonds is 0. The topological polar surface area (TPSA) is 46.1 Å². The van der Waals surface area contributed by atoms with Gasteiger partial charge >= 0.3 is 31.2 Å². The zero-order valence-electron chi connectivity index (χ0n) is 17.1. The van der Waals surface area contributed by atoms with Crippen LogP contribution < -0.4 is 10.2 Å². The molecule has 0 aliphatic rings. The summed E-state index contributed by atoms with van der Waals surface area (Å²) in [6, 6.07) is 33.9. The van der Waals surface area contributed by atoms with Crippen LogP contribution >= 0.6 is 0 Å². The van der Waals surface area contributed by atoms with Gasteiger partial charge in [0.1, 0.15) is 0 Å². The van der Waals surface area contributed by atoms with Gasteiger partial charge in [0, 0.05) is 0 Å². The molecule has 0 aliphatic heterocycles.